The van der Waals surface area contributed by atoms with E-state index < -0.39 is 64.6 Å². The minimum absolute atomic E-state index is 0.620. The fourth-order valence-corrected chi connectivity index (χ4v) is 5.23. The van der Waals surface area contributed by atoms with Gasteiger partial charge >= 0.3 is 34.8 Å². The summed E-state index contributed by atoms with van der Waals surface area (Å²) in [6.45, 7) is 0.0944. The summed E-state index contributed by atoms with van der Waals surface area (Å²) in [4.78, 5) is 63.8. The van der Waals surface area contributed by atoms with Crippen molar-refractivity contribution in [1.82, 2.24) is 14.5 Å². The van der Waals surface area contributed by atoms with Crippen LogP contribution in [0, 0.1) is 17.8 Å². The second-order valence-corrected chi connectivity index (χ2v) is 10.3. The molecule has 17 nitrogen and oxygen atoms in total. The largest absolute Gasteiger partial charge is 0.507 e. The summed E-state index contributed by atoms with van der Waals surface area (Å²) in [5.41, 5.74) is -3.77. The molecule has 0 saturated carbocycles. The Bertz CT molecular complexity index is 1210. The smallest absolute Gasteiger partial charge is 0.490 e. The molecule has 0 aliphatic carbocycles. The molecule has 0 fully saturated rings. The number of phosphoric ester groups is 1. The molecule has 31 heavy (non-hydrogen) atoms. The number of nitrogens with one attached hydrogen (secondary N) is 1. The first-order valence-electron chi connectivity index (χ1n) is 7.52. The van der Waals surface area contributed by atoms with Crippen LogP contribution in [0.25, 0.3) is 0 Å². The Morgan fingerprint density at radius 2 is 1.87 bits per heavy atom. The number of nitrogens with zero attached hydrogens (tertiary/aromatic N) is 2. The van der Waals surface area contributed by atoms with E-state index in [1.54, 1.807) is 0 Å². The van der Waals surface area contributed by atoms with Crippen LogP contribution in [0.4, 0.5) is 0 Å². The second-order valence-electron chi connectivity index (χ2n) is 5.84. The number of aromatic amines is 1. The van der Waals surface area contributed by atoms with Crippen LogP contribution in [0.3, 0.4) is 0 Å². The molecule has 20 heteroatoms. The Hall–Kier alpha value is -2.08. The van der Waals surface area contributed by atoms with Gasteiger partial charge in [-0.25, -0.2) is 27.9 Å². The standard InChI is InChI=1S/C11H14N3O14P3/c1-3-11(2)7(15)6(26-8(11)14-5-12-9(16)13-10(14)17)4-25-30(21,22)28-31(23,24)27-29(18,19)20/h1,5,8,15H,4H2,2H3,(H,21,22)(H,23,24)(H,13,16,17)(H2,18,19,20)/t8-,11?/m1/s1. The number of hydrogen-bond acceptors (Lipinski definition) is 11. The van der Waals surface area contributed by atoms with Crippen LogP contribution in [0.1, 0.15) is 13.2 Å². The summed E-state index contributed by atoms with van der Waals surface area (Å²) in [6, 6.07) is 0. The fraction of sp³-hybridized carbons (Fsp3) is 0.364. The van der Waals surface area contributed by atoms with Gasteiger partial charge in [0.2, 0.25) is 6.23 Å². The Kier molecular flexibility index (Phi) is 6.87. The lowest BCUT2D eigenvalue weighted by molar-refractivity contribution is 0.0107. The molecular formula is C11H14N3O14P3. The summed E-state index contributed by atoms with van der Waals surface area (Å²) in [5.74, 6) is 0.776. The van der Waals surface area contributed by atoms with Crippen molar-refractivity contribution in [2.45, 2.75) is 13.2 Å². The summed E-state index contributed by atoms with van der Waals surface area (Å²) in [5, 5.41) is 10.3. The lowest BCUT2D eigenvalue weighted by Gasteiger charge is -2.25. The number of aliphatic hydroxyl groups is 1. The minimum Gasteiger partial charge on any atom is -0.507 e. The topological polar surface area (TPSA) is 257 Å². The Morgan fingerprint density at radius 3 is 2.39 bits per heavy atom. The first-order valence-corrected chi connectivity index (χ1v) is 12.0. The van der Waals surface area contributed by atoms with E-state index in [-0.39, 0.29) is 0 Å². The molecule has 0 aromatic carbocycles. The lowest BCUT2D eigenvalue weighted by Crippen LogP contribution is -2.39. The van der Waals surface area contributed by atoms with Gasteiger partial charge in [0.05, 0.1) is 0 Å². The Morgan fingerprint density at radius 1 is 1.26 bits per heavy atom. The lowest BCUT2D eigenvalue weighted by atomic mass is 9.88. The van der Waals surface area contributed by atoms with Crippen molar-refractivity contribution in [2.24, 2.45) is 5.41 Å². The van der Waals surface area contributed by atoms with Crippen molar-refractivity contribution < 1.29 is 56.3 Å². The first kappa shape index (κ1) is 25.2. The number of ether oxygens (including phenoxy) is 1. The normalized spacial score (nSPS) is 25.4. The number of aliphatic hydroxyl groups excluding tert-OH is 1. The third-order valence-corrected chi connectivity index (χ3v) is 7.36. The van der Waals surface area contributed by atoms with E-state index in [0.717, 1.165) is 6.33 Å². The molecule has 1 aromatic heterocycles. The van der Waals surface area contributed by atoms with E-state index in [0.29, 0.717) is 4.57 Å². The molecule has 0 spiro atoms. The number of terminal acetylenes is 1. The zero-order valence-corrected chi connectivity index (χ0v) is 17.8. The number of rotatable bonds is 8. The molecule has 1 aromatic rings. The van der Waals surface area contributed by atoms with Crippen LogP contribution in [0.5, 0.6) is 0 Å². The summed E-state index contributed by atoms with van der Waals surface area (Å²) < 4.78 is 51.1. The molecule has 4 atom stereocenters. The maximum absolute atomic E-state index is 12.0. The molecule has 1 aliphatic heterocycles. The van der Waals surface area contributed by atoms with Gasteiger partial charge < -0.3 is 29.4 Å². The predicted molar refractivity (Wildman–Crippen MR) is 95.7 cm³/mol. The third-order valence-electron chi connectivity index (χ3n) is 3.58. The van der Waals surface area contributed by atoms with Crippen molar-refractivity contribution in [3.63, 3.8) is 0 Å². The summed E-state index contributed by atoms with van der Waals surface area (Å²) in [7, 11) is -16.9. The van der Waals surface area contributed by atoms with E-state index in [1.807, 2.05) is 4.98 Å². The molecular weight excluding hydrogens is 491 g/mol. The molecule has 0 radical (unpaired) electrons. The second kappa shape index (κ2) is 8.45. The zero-order valence-electron chi connectivity index (χ0n) is 15.1. The van der Waals surface area contributed by atoms with Gasteiger partial charge in [-0.15, -0.1) is 6.42 Å². The molecule has 1 aliphatic rings. The van der Waals surface area contributed by atoms with Crippen molar-refractivity contribution >= 4 is 23.5 Å². The van der Waals surface area contributed by atoms with Crippen LogP contribution in [0.2, 0.25) is 0 Å². The van der Waals surface area contributed by atoms with Gasteiger partial charge in [0.15, 0.2) is 11.5 Å². The van der Waals surface area contributed by atoms with Crippen molar-refractivity contribution in [3.05, 3.63) is 38.8 Å². The van der Waals surface area contributed by atoms with Gasteiger partial charge in [-0.2, -0.15) is 13.6 Å². The van der Waals surface area contributed by atoms with E-state index in [9.17, 15) is 33.3 Å². The van der Waals surface area contributed by atoms with Gasteiger partial charge in [0.1, 0.15) is 18.3 Å². The average molecular weight is 505 g/mol. The number of phosphoric acid groups is 3. The molecule has 6 N–H and O–H groups in total. The predicted octanol–water partition coefficient (Wildman–Crippen LogP) is -0.787. The van der Waals surface area contributed by atoms with Gasteiger partial charge in [-0.1, -0.05) is 5.92 Å². The summed E-state index contributed by atoms with van der Waals surface area (Å²) in [6.07, 6.45) is 4.65. The molecule has 0 bridgehead atoms. The van der Waals surface area contributed by atoms with Gasteiger partial charge in [-0.05, 0) is 6.92 Å². The maximum atomic E-state index is 12.0. The van der Waals surface area contributed by atoms with E-state index in [2.05, 4.69) is 24.0 Å². The Labute approximate surface area is 171 Å². The van der Waals surface area contributed by atoms with Crippen molar-refractivity contribution in [2.75, 3.05) is 6.61 Å². The van der Waals surface area contributed by atoms with E-state index >= 15 is 0 Å². The van der Waals surface area contributed by atoms with Crippen molar-refractivity contribution in [3.8, 4) is 12.3 Å². The minimum atomic E-state index is -5.76. The molecule has 0 amide bonds. The molecule has 3 unspecified atom stereocenters. The molecule has 0 saturated heterocycles. The number of hydrogen-bond donors (Lipinski definition) is 6. The third kappa shape index (κ3) is 6.00. The van der Waals surface area contributed by atoms with Crippen LogP contribution in [0.15, 0.2) is 27.4 Å². The fourth-order valence-electron chi connectivity index (χ4n) is 2.26. The number of H-pyrrole nitrogens is 1. The van der Waals surface area contributed by atoms with E-state index in [4.69, 9.17) is 25.8 Å². The molecule has 2 heterocycles. The van der Waals surface area contributed by atoms with E-state index in [1.165, 1.54) is 6.92 Å². The van der Waals surface area contributed by atoms with Gasteiger partial charge in [0.25, 0.3) is 0 Å². The highest BCUT2D eigenvalue weighted by Crippen LogP contribution is 2.66. The van der Waals surface area contributed by atoms with Crippen LogP contribution in [-0.4, -0.2) is 45.8 Å². The van der Waals surface area contributed by atoms with Gasteiger partial charge in [0, 0.05) is 0 Å². The highest BCUT2D eigenvalue weighted by Gasteiger charge is 2.49. The molecule has 172 valence electrons. The quantitative estimate of drug-likeness (QED) is 0.187. The monoisotopic (exact) mass is 505 g/mol. The maximum Gasteiger partial charge on any atom is 0.490 e. The number of aromatic nitrogens is 3. The van der Waals surface area contributed by atoms with Crippen LogP contribution < -0.4 is 11.4 Å². The van der Waals surface area contributed by atoms with Crippen LogP contribution >= 0.6 is 23.5 Å². The van der Waals surface area contributed by atoms with Crippen molar-refractivity contribution in [1.29, 1.82) is 0 Å². The SMILES string of the molecule is C#CC1(C)C(O)=C(COP(=O)(O)OP(=O)(O)OP(=O)(O)O)O[C@H]1n1cnc(=O)[nH]c1=O. The zero-order chi connectivity index (χ0) is 23.8. The Balaban J connectivity index is 2.24. The molecule has 2 rings (SSSR count). The summed E-state index contributed by atoms with van der Waals surface area (Å²) >= 11 is 0. The van der Waals surface area contributed by atoms with Crippen LogP contribution in [-0.2, 0) is 31.6 Å². The van der Waals surface area contributed by atoms with Gasteiger partial charge in [-0.3, -0.25) is 9.51 Å². The first-order chi connectivity index (χ1) is 14.0. The highest BCUT2D eigenvalue weighted by molar-refractivity contribution is 7.66. The highest BCUT2D eigenvalue weighted by atomic mass is 31.3. The average Bonchev–Trinajstić information content (AvgIpc) is 2.82.